The van der Waals surface area contributed by atoms with E-state index in [0.29, 0.717) is 0 Å². The van der Waals surface area contributed by atoms with Gasteiger partial charge in [0.1, 0.15) is 0 Å². The fraction of sp³-hybridized carbons (Fsp3) is 0.538. The molecule has 0 aliphatic rings. The molecular weight excluding hydrogens is 170 g/mol. The predicted molar refractivity (Wildman–Crippen MR) is 62.4 cm³/mol. The van der Waals surface area contributed by atoms with E-state index in [0.717, 1.165) is 19.4 Å². The highest BCUT2D eigenvalue weighted by atomic mass is 14.5. The third-order valence-electron chi connectivity index (χ3n) is 2.65. The monoisotopic (exact) mass is 191 g/mol. The molecule has 1 aromatic carbocycles. The molecule has 0 saturated carbocycles. The Balaban J connectivity index is 2.41. The van der Waals surface area contributed by atoms with Crippen LogP contribution in [0.2, 0.25) is 0 Å². The predicted octanol–water partition coefficient (Wildman–Crippen LogP) is 2.92. The second-order valence-corrected chi connectivity index (χ2v) is 3.72. The lowest BCUT2D eigenvalue weighted by Gasteiger charge is -2.06. The SMILES string of the molecule is CCc1ccccc1CCCCCN. The second kappa shape index (κ2) is 6.61. The van der Waals surface area contributed by atoms with Crippen LogP contribution in [0.15, 0.2) is 24.3 Å². The third kappa shape index (κ3) is 3.51. The standard InChI is InChI=1S/C13H21N/c1-2-12-8-5-6-10-13(12)9-4-3-7-11-14/h5-6,8,10H,2-4,7,9,11,14H2,1H3. The molecule has 0 unspecified atom stereocenters. The van der Waals surface area contributed by atoms with Crippen molar-refractivity contribution in [1.29, 1.82) is 0 Å². The van der Waals surface area contributed by atoms with Crippen molar-refractivity contribution in [2.75, 3.05) is 6.54 Å². The molecule has 0 aliphatic heterocycles. The Kier molecular flexibility index (Phi) is 5.31. The Hall–Kier alpha value is -0.820. The highest BCUT2D eigenvalue weighted by Crippen LogP contribution is 2.12. The molecule has 0 bridgehead atoms. The Morgan fingerprint density at radius 1 is 1.00 bits per heavy atom. The van der Waals surface area contributed by atoms with Crippen LogP contribution in [0.4, 0.5) is 0 Å². The van der Waals surface area contributed by atoms with E-state index in [-0.39, 0.29) is 0 Å². The molecule has 0 spiro atoms. The van der Waals surface area contributed by atoms with E-state index in [1.54, 1.807) is 0 Å². The summed E-state index contributed by atoms with van der Waals surface area (Å²) < 4.78 is 0. The number of nitrogens with two attached hydrogens (primary N) is 1. The zero-order valence-corrected chi connectivity index (χ0v) is 9.13. The average molecular weight is 191 g/mol. The Morgan fingerprint density at radius 3 is 2.36 bits per heavy atom. The van der Waals surface area contributed by atoms with E-state index in [2.05, 4.69) is 31.2 Å². The molecule has 14 heavy (non-hydrogen) atoms. The van der Waals surface area contributed by atoms with Crippen molar-refractivity contribution in [1.82, 2.24) is 0 Å². The van der Waals surface area contributed by atoms with Crippen molar-refractivity contribution in [2.24, 2.45) is 5.73 Å². The smallest absolute Gasteiger partial charge is 0.00773 e. The molecule has 0 radical (unpaired) electrons. The van der Waals surface area contributed by atoms with E-state index in [4.69, 9.17) is 5.73 Å². The van der Waals surface area contributed by atoms with E-state index < -0.39 is 0 Å². The van der Waals surface area contributed by atoms with Gasteiger partial charge in [0.25, 0.3) is 0 Å². The summed E-state index contributed by atoms with van der Waals surface area (Å²) in [5.74, 6) is 0. The zero-order chi connectivity index (χ0) is 10.2. The molecule has 2 N–H and O–H groups in total. The molecule has 0 amide bonds. The molecule has 1 rings (SSSR count). The van der Waals surface area contributed by atoms with Crippen molar-refractivity contribution in [2.45, 2.75) is 39.0 Å². The van der Waals surface area contributed by atoms with Gasteiger partial charge in [-0.3, -0.25) is 0 Å². The molecule has 0 saturated heterocycles. The van der Waals surface area contributed by atoms with Crippen LogP contribution in [-0.2, 0) is 12.8 Å². The number of aryl methyl sites for hydroxylation is 2. The first kappa shape index (κ1) is 11.3. The summed E-state index contributed by atoms with van der Waals surface area (Å²) in [6.45, 7) is 3.05. The minimum Gasteiger partial charge on any atom is -0.330 e. The van der Waals surface area contributed by atoms with Gasteiger partial charge in [-0.2, -0.15) is 0 Å². The van der Waals surface area contributed by atoms with Crippen molar-refractivity contribution in [3.63, 3.8) is 0 Å². The van der Waals surface area contributed by atoms with Gasteiger partial charge in [0.2, 0.25) is 0 Å². The molecular formula is C13H21N. The molecule has 0 fully saturated rings. The largest absolute Gasteiger partial charge is 0.330 e. The Bertz CT molecular complexity index is 255. The number of hydrogen-bond acceptors (Lipinski definition) is 1. The van der Waals surface area contributed by atoms with Crippen LogP contribution in [0.25, 0.3) is 0 Å². The van der Waals surface area contributed by atoms with Crippen molar-refractivity contribution < 1.29 is 0 Å². The van der Waals surface area contributed by atoms with Crippen LogP contribution in [0, 0.1) is 0 Å². The fourth-order valence-electron chi connectivity index (χ4n) is 1.78. The topological polar surface area (TPSA) is 26.0 Å². The molecule has 0 aromatic heterocycles. The number of unbranched alkanes of at least 4 members (excludes halogenated alkanes) is 2. The van der Waals surface area contributed by atoms with E-state index in [1.807, 2.05) is 0 Å². The summed E-state index contributed by atoms with van der Waals surface area (Å²) in [7, 11) is 0. The van der Waals surface area contributed by atoms with Crippen LogP contribution in [0.5, 0.6) is 0 Å². The Labute approximate surface area is 87.3 Å². The highest BCUT2D eigenvalue weighted by molar-refractivity contribution is 5.26. The van der Waals surface area contributed by atoms with Crippen LogP contribution in [0.1, 0.15) is 37.3 Å². The summed E-state index contributed by atoms with van der Waals surface area (Å²) in [6.07, 6.45) is 6.05. The first-order valence-electron chi connectivity index (χ1n) is 5.65. The molecule has 1 aromatic rings. The first-order chi connectivity index (χ1) is 6.88. The van der Waals surface area contributed by atoms with Crippen molar-refractivity contribution in [3.05, 3.63) is 35.4 Å². The maximum atomic E-state index is 5.46. The highest BCUT2D eigenvalue weighted by Gasteiger charge is 1.98. The van der Waals surface area contributed by atoms with Crippen LogP contribution in [-0.4, -0.2) is 6.54 Å². The van der Waals surface area contributed by atoms with Crippen molar-refractivity contribution >= 4 is 0 Å². The van der Waals surface area contributed by atoms with E-state index in [1.165, 1.54) is 30.4 Å². The lowest BCUT2D eigenvalue weighted by atomic mass is 10.00. The van der Waals surface area contributed by atoms with Gasteiger partial charge in [0, 0.05) is 0 Å². The summed E-state index contributed by atoms with van der Waals surface area (Å²) in [4.78, 5) is 0. The lowest BCUT2D eigenvalue weighted by Crippen LogP contribution is -1.99. The minimum absolute atomic E-state index is 0.829. The van der Waals surface area contributed by atoms with Crippen LogP contribution >= 0.6 is 0 Å². The first-order valence-corrected chi connectivity index (χ1v) is 5.65. The lowest BCUT2D eigenvalue weighted by molar-refractivity contribution is 0.684. The summed E-state index contributed by atoms with van der Waals surface area (Å²) >= 11 is 0. The third-order valence-corrected chi connectivity index (χ3v) is 2.65. The molecule has 0 atom stereocenters. The summed E-state index contributed by atoms with van der Waals surface area (Å²) in [5.41, 5.74) is 8.48. The minimum atomic E-state index is 0.829. The van der Waals surface area contributed by atoms with Crippen LogP contribution < -0.4 is 5.73 Å². The van der Waals surface area contributed by atoms with Gasteiger partial charge in [-0.25, -0.2) is 0 Å². The van der Waals surface area contributed by atoms with Gasteiger partial charge in [0.05, 0.1) is 0 Å². The molecule has 78 valence electrons. The molecule has 0 heterocycles. The quantitative estimate of drug-likeness (QED) is 0.687. The molecule has 1 heteroatoms. The van der Waals surface area contributed by atoms with Gasteiger partial charge in [-0.15, -0.1) is 0 Å². The molecule has 1 nitrogen and oxygen atoms in total. The fourth-order valence-corrected chi connectivity index (χ4v) is 1.78. The van der Waals surface area contributed by atoms with E-state index >= 15 is 0 Å². The second-order valence-electron chi connectivity index (χ2n) is 3.72. The van der Waals surface area contributed by atoms with Crippen LogP contribution in [0.3, 0.4) is 0 Å². The number of benzene rings is 1. The maximum absolute atomic E-state index is 5.46. The average Bonchev–Trinajstić information content (AvgIpc) is 2.25. The normalized spacial score (nSPS) is 10.4. The van der Waals surface area contributed by atoms with Gasteiger partial charge in [0.15, 0.2) is 0 Å². The Morgan fingerprint density at radius 2 is 1.71 bits per heavy atom. The maximum Gasteiger partial charge on any atom is -0.00773 e. The van der Waals surface area contributed by atoms with Gasteiger partial charge < -0.3 is 5.73 Å². The van der Waals surface area contributed by atoms with Crippen molar-refractivity contribution in [3.8, 4) is 0 Å². The zero-order valence-electron chi connectivity index (χ0n) is 9.13. The van der Waals surface area contributed by atoms with Gasteiger partial charge >= 0.3 is 0 Å². The van der Waals surface area contributed by atoms with Gasteiger partial charge in [-0.1, -0.05) is 37.6 Å². The summed E-state index contributed by atoms with van der Waals surface area (Å²) in [6, 6.07) is 8.75. The molecule has 0 aliphatic carbocycles. The van der Waals surface area contributed by atoms with Gasteiger partial charge in [-0.05, 0) is 43.4 Å². The van der Waals surface area contributed by atoms with E-state index in [9.17, 15) is 0 Å². The summed E-state index contributed by atoms with van der Waals surface area (Å²) in [5, 5.41) is 0. The number of hydrogen-bond donors (Lipinski definition) is 1. The number of rotatable bonds is 6.